The summed E-state index contributed by atoms with van der Waals surface area (Å²) in [5.74, 6) is -0.594. The number of imide groups is 1. The Balaban J connectivity index is 1.52. The number of anilines is 1. The lowest BCUT2D eigenvalue weighted by atomic mass is 10.3. The lowest BCUT2D eigenvalue weighted by molar-refractivity contribution is -0.138. The number of rotatable bonds is 5. The summed E-state index contributed by atoms with van der Waals surface area (Å²) in [5.41, 5.74) is 0.950. The fourth-order valence-electron chi connectivity index (χ4n) is 2.28. The van der Waals surface area contributed by atoms with Crippen molar-refractivity contribution in [3.05, 3.63) is 24.0 Å². The molecule has 1 fully saturated rings. The van der Waals surface area contributed by atoms with Crippen molar-refractivity contribution in [1.82, 2.24) is 9.88 Å². The van der Waals surface area contributed by atoms with Crippen LogP contribution in [-0.4, -0.2) is 34.8 Å². The molecule has 7 heteroatoms. The zero-order chi connectivity index (χ0) is 14.8. The summed E-state index contributed by atoms with van der Waals surface area (Å²) < 4.78 is 18.4. The molecule has 0 aliphatic carbocycles. The molecule has 110 valence electrons. The third kappa shape index (κ3) is 2.86. The van der Waals surface area contributed by atoms with Gasteiger partial charge in [-0.2, -0.15) is 4.98 Å². The highest BCUT2D eigenvalue weighted by Crippen LogP contribution is 2.19. The molecular formula is C14H14FN3O3. The summed E-state index contributed by atoms with van der Waals surface area (Å²) in [4.78, 5) is 28.2. The molecule has 1 aromatic carbocycles. The first-order valence-electron chi connectivity index (χ1n) is 6.76. The van der Waals surface area contributed by atoms with E-state index in [0.717, 1.165) is 0 Å². The predicted molar refractivity (Wildman–Crippen MR) is 73.0 cm³/mol. The first-order chi connectivity index (χ1) is 10.1. The molecule has 2 amide bonds. The molecule has 2 aromatic rings. The topological polar surface area (TPSA) is 75.4 Å². The summed E-state index contributed by atoms with van der Waals surface area (Å²) in [6.45, 7) is 0.895. The maximum atomic E-state index is 13.0. The number of oxazole rings is 1. The molecular weight excluding hydrogens is 277 g/mol. The van der Waals surface area contributed by atoms with Gasteiger partial charge >= 0.3 is 0 Å². The van der Waals surface area contributed by atoms with Crippen LogP contribution in [-0.2, 0) is 9.59 Å². The molecule has 6 nitrogen and oxygen atoms in total. The lowest BCUT2D eigenvalue weighted by Gasteiger charge is -2.13. The fraction of sp³-hybridized carbons (Fsp3) is 0.357. The summed E-state index contributed by atoms with van der Waals surface area (Å²) >= 11 is 0. The highest BCUT2D eigenvalue weighted by molar-refractivity contribution is 6.01. The smallest absolute Gasteiger partial charge is 0.295 e. The molecule has 0 radical (unpaired) electrons. The number of carbonyl (C=O) groups is 2. The van der Waals surface area contributed by atoms with Crippen LogP contribution < -0.4 is 5.32 Å². The zero-order valence-corrected chi connectivity index (χ0v) is 11.3. The van der Waals surface area contributed by atoms with Gasteiger partial charge in [0.15, 0.2) is 5.58 Å². The van der Waals surface area contributed by atoms with Crippen LogP contribution in [0.3, 0.4) is 0 Å². The van der Waals surface area contributed by atoms with Crippen molar-refractivity contribution in [1.29, 1.82) is 0 Å². The Hall–Kier alpha value is -2.44. The van der Waals surface area contributed by atoms with E-state index >= 15 is 0 Å². The number of carbonyl (C=O) groups excluding carboxylic acids is 2. The molecule has 21 heavy (non-hydrogen) atoms. The second kappa shape index (κ2) is 5.51. The van der Waals surface area contributed by atoms with Crippen LogP contribution in [0, 0.1) is 5.82 Å². The number of benzene rings is 1. The minimum absolute atomic E-state index is 0.114. The maximum absolute atomic E-state index is 13.0. The van der Waals surface area contributed by atoms with E-state index in [1.165, 1.54) is 23.1 Å². The van der Waals surface area contributed by atoms with Gasteiger partial charge in [-0.15, -0.1) is 0 Å². The van der Waals surface area contributed by atoms with Gasteiger partial charge in [0.25, 0.3) is 6.01 Å². The van der Waals surface area contributed by atoms with Gasteiger partial charge in [-0.3, -0.25) is 14.5 Å². The van der Waals surface area contributed by atoms with E-state index in [9.17, 15) is 14.0 Å². The fourth-order valence-corrected chi connectivity index (χ4v) is 2.28. The molecule has 0 saturated carbocycles. The van der Waals surface area contributed by atoms with E-state index in [2.05, 4.69) is 10.3 Å². The average molecular weight is 291 g/mol. The molecule has 1 N–H and O–H groups in total. The van der Waals surface area contributed by atoms with Gasteiger partial charge in [0.1, 0.15) is 11.3 Å². The Morgan fingerprint density at radius 2 is 2.05 bits per heavy atom. The molecule has 1 saturated heterocycles. The molecule has 0 spiro atoms. The number of nitrogens with zero attached hydrogens (tertiary/aromatic N) is 2. The molecule has 0 bridgehead atoms. The van der Waals surface area contributed by atoms with Gasteiger partial charge in [0, 0.05) is 32.0 Å². The minimum Gasteiger partial charge on any atom is -0.424 e. The number of aromatic nitrogens is 1. The molecule has 1 aromatic heterocycles. The predicted octanol–water partition coefficient (Wildman–Crippen LogP) is 1.92. The average Bonchev–Trinajstić information content (AvgIpc) is 2.99. The zero-order valence-electron chi connectivity index (χ0n) is 11.3. The van der Waals surface area contributed by atoms with Gasteiger partial charge in [-0.25, -0.2) is 4.39 Å². The molecule has 2 heterocycles. The van der Waals surface area contributed by atoms with Gasteiger partial charge < -0.3 is 9.73 Å². The van der Waals surface area contributed by atoms with Crippen molar-refractivity contribution in [2.75, 3.05) is 18.4 Å². The minimum atomic E-state index is -0.367. The monoisotopic (exact) mass is 291 g/mol. The van der Waals surface area contributed by atoms with Crippen LogP contribution in [0.15, 0.2) is 22.6 Å². The molecule has 1 aliphatic rings. The molecule has 1 aliphatic heterocycles. The molecule has 3 rings (SSSR count). The lowest BCUT2D eigenvalue weighted by Crippen LogP contribution is -2.31. The van der Waals surface area contributed by atoms with Gasteiger partial charge in [0.05, 0.1) is 0 Å². The number of halogens is 1. The van der Waals surface area contributed by atoms with E-state index in [0.29, 0.717) is 49.5 Å². The Bertz CT molecular complexity index is 682. The Morgan fingerprint density at radius 1 is 1.29 bits per heavy atom. The summed E-state index contributed by atoms with van der Waals surface area (Å²) in [7, 11) is 0. The number of likely N-dealkylation sites (tertiary alicyclic amines) is 1. The third-order valence-electron chi connectivity index (χ3n) is 3.34. The second-order valence-electron chi connectivity index (χ2n) is 4.85. The van der Waals surface area contributed by atoms with Gasteiger partial charge in [-0.05, 0) is 18.6 Å². The van der Waals surface area contributed by atoms with E-state index < -0.39 is 0 Å². The number of amides is 2. The van der Waals surface area contributed by atoms with Gasteiger partial charge in [-0.1, -0.05) is 0 Å². The van der Waals surface area contributed by atoms with Gasteiger partial charge in [0.2, 0.25) is 11.8 Å². The Morgan fingerprint density at radius 3 is 2.81 bits per heavy atom. The highest BCUT2D eigenvalue weighted by atomic mass is 19.1. The Kier molecular flexibility index (Phi) is 3.55. The van der Waals surface area contributed by atoms with Crippen LogP contribution in [0.4, 0.5) is 10.4 Å². The van der Waals surface area contributed by atoms with Crippen LogP contribution in [0.25, 0.3) is 11.1 Å². The molecule has 0 atom stereocenters. The van der Waals surface area contributed by atoms with E-state index in [-0.39, 0.29) is 17.6 Å². The first-order valence-corrected chi connectivity index (χ1v) is 6.76. The van der Waals surface area contributed by atoms with E-state index in [1.807, 2.05) is 0 Å². The van der Waals surface area contributed by atoms with Crippen molar-refractivity contribution >= 4 is 28.9 Å². The van der Waals surface area contributed by atoms with E-state index in [4.69, 9.17) is 4.42 Å². The van der Waals surface area contributed by atoms with Crippen LogP contribution in [0.1, 0.15) is 19.3 Å². The Labute approximate surface area is 119 Å². The van der Waals surface area contributed by atoms with Crippen molar-refractivity contribution < 1.29 is 18.4 Å². The number of fused-ring (bicyclic) bond motifs is 1. The molecule has 0 unspecified atom stereocenters. The largest absolute Gasteiger partial charge is 0.424 e. The summed E-state index contributed by atoms with van der Waals surface area (Å²) in [6, 6.07) is 4.42. The number of nitrogens with one attached hydrogen (secondary N) is 1. The van der Waals surface area contributed by atoms with Crippen molar-refractivity contribution in [2.45, 2.75) is 19.3 Å². The van der Waals surface area contributed by atoms with Crippen LogP contribution in [0.5, 0.6) is 0 Å². The van der Waals surface area contributed by atoms with Crippen molar-refractivity contribution in [3.63, 3.8) is 0 Å². The van der Waals surface area contributed by atoms with Crippen LogP contribution >= 0.6 is 0 Å². The standard InChI is InChI=1S/C14H14FN3O3/c15-9-2-3-11-10(8-9)17-14(21-11)16-6-1-7-18-12(19)4-5-13(18)20/h2-3,8H,1,4-7H2,(H,16,17). The quantitative estimate of drug-likeness (QED) is 0.673. The van der Waals surface area contributed by atoms with E-state index in [1.54, 1.807) is 0 Å². The first kappa shape index (κ1) is 13.5. The maximum Gasteiger partial charge on any atom is 0.295 e. The third-order valence-corrected chi connectivity index (χ3v) is 3.34. The SMILES string of the molecule is O=C1CCC(=O)N1CCCNc1nc2cc(F)ccc2o1. The summed E-state index contributed by atoms with van der Waals surface area (Å²) in [5, 5.41) is 2.96. The van der Waals surface area contributed by atoms with Crippen molar-refractivity contribution in [2.24, 2.45) is 0 Å². The second-order valence-corrected chi connectivity index (χ2v) is 4.85. The number of hydrogen-bond acceptors (Lipinski definition) is 5. The highest BCUT2D eigenvalue weighted by Gasteiger charge is 2.27. The number of hydrogen-bond donors (Lipinski definition) is 1. The summed E-state index contributed by atoms with van der Waals surface area (Å²) in [6.07, 6.45) is 1.22. The van der Waals surface area contributed by atoms with Crippen molar-refractivity contribution in [3.8, 4) is 0 Å². The van der Waals surface area contributed by atoms with Crippen LogP contribution in [0.2, 0.25) is 0 Å². The normalized spacial score (nSPS) is 15.2.